The van der Waals surface area contributed by atoms with Crippen molar-refractivity contribution in [1.29, 1.82) is 0 Å². The van der Waals surface area contributed by atoms with E-state index in [1.54, 1.807) is 7.05 Å². The van der Waals surface area contributed by atoms with Gasteiger partial charge in [0.2, 0.25) is 0 Å². The summed E-state index contributed by atoms with van der Waals surface area (Å²) in [6.07, 6.45) is 0. The molecule has 1 aromatic rings. The van der Waals surface area contributed by atoms with E-state index < -0.39 is 9.05 Å². The second-order valence-corrected chi connectivity index (χ2v) is 8.13. The zero-order valence-electron chi connectivity index (χ0n) is 11.2. The molecular weight excluding hydrogens is 345 g/mol. The summed E-state index contributed by atoms with van der Waals surface area (Å²) in [7, 11) is 2.85. The highest BCUT2D eigenvalue weighted by Crippen LogP contribution is 2.31. The summed E-state index contributed by atoms with van der Waals surface area (Å²) in [6.45, 7) is 4.44. The lowest BCUT2D eigenvalue weighted by Crippen LogP contribution is -2.30. The normalized spacial score (nSPS) is 11.8. The third kappa shape index (κ3) is 4.25. The third-order valence-corrected chi connectivity index (χ3v) is 4.60. The molecule has 0 atom stereocenters. The maximum absolute atomic E-state index is 12.3. The summed E-state index contributed by atoms with van der Waals surface area (Å²) in [5.41, 5.74) is 0.0541. The van der Waals surface area contributed by atoms with E-state index in [1.807, 2.05) is 13.8 Å². The van der Waals surface area contributed by atoms with E-state index >= 15 is 0 Å². The molecular formula is C12H14Cl3NO3S. The van der Waals surface area contributed by atoms with Crippen LogP contribution in [0.1, 0.15) is 24.2 Å². The van der Waals surface area contributed by atoms with Crippen LogP contribution in [0.2, 0.25) is 10.0 Å². The smallest absolute Gasteiger partial charge is 0.262 e. The molecule has 0 N–H and O–H groups in total. The maximum Gasteiger partial charge on any atom is 0.262 e. The molecule has 1 aromatic carbocycles. The molecule has 0 unspecified atom stereocenters. The molecule has 0 aromatic heterocycles. The number of hydrogen-bond acceptors (Lipinski definition) is 3. The van der Waals surface area contributed by atoms with Crippen molar-refractivity contribution in [3.8, 4) is 0 Å². The van der Waals surface area contributed by atoms with E-state index in [4.69, 9.17) is 33.9 Å². The molecule has 4 nitrogen and oxygen atoms in total. The zero-order valence-corrected chi connectivity index (χ0v) is 14.2. The Hall–Kier alpha value is -0.490. The van der Waals surface area contributed by atoms with Gasteiger partial charge in [-0.3, -0.25) is 4.79 Å². The lowest BCUT2D eigenvalue weighted by molar-refractivity contribution is 0.0779. The number of benzene rings is 1. The van der Waals surface area contributed by atoms with E-state index in [0.29, 0.717) is 6.54 Å². The van der Waals surface area contributed by atoms with Crippen molar-refractivity contribution in [2.24, 2.45) is 5.92 Å². The molecule has 0 aliphatic heterocycles. The minimum absolute atomic E-state index is 0.0541. The highest BCUT2D eigenvalue weighted by Gasteiger charge is 2.22. The lowest BCUT2D eigenvalue weighted by atomic mass is 10.1. The zero-order chi connectivity index (χ0) is 15.7. The molecule has 0 radical (unpaired) electrons. The van der Waals surface area contributed by atoms with Crippen molar-refractivity contribution in [2.45, 2.75) is 18.7 Å². The van der Waals surface area contributed by atoms with Gasteiger partial charge in [-0.05, 0) is 18.1 Å². The van der Waals surface area contributed by atoms with Gasteiger partial charge in [-0.15, -0.1) is 0 Å². The van der Waals surface area contributed by atoms with E-state index in [0.717, 1.165) is 6.07 Å². The Labute approximate surface area is 133 Å². The van der Waals surface area contributed by atoms with E-state index in [1.165, 1.54) is 11.0 Å². The maximum atomic E-state index is 12.3. The van der Waals surface area contributed by atoms with Gasteiger partial charge < -0.3 is 4.90 Å². The van der Waals surface area contributed by atoms with Gasteiger partial charge in [-0.1, -0.05) is 37.0 Å². The fourth-order valence-corrected chi connectivity index (χ4v) is 3.54. The molecule has 0 saturated heterocycles. The summed E-state index contributed by atoms with van der Waals surface area (Å²) >= 11 is 11.7. The summed E-state index contributed by atoms with van der Waals surface area (Å²) in [5, 5.41) is -0.0345. The Morgan fingerprint density at radius 1 is 1.25 bits per heavy atom. The monoisotopic (exact) mass is 357 g/mol. The fraction of sp³-hybridized carbons (Fsp3) is 0.417. The van der Waals surface area contributed by atoms with Crippen LogP contribution in [0.4, 0.5) is 0 Å². The number of hydrogen-bond donors (Lipinski definition) is 0. The van der Waals surface area contributed by atoms with Crippen molar-refractivity contribution in [1.82, 2.24) is 4.90 Å². The average Bonchev–Trinajstić information content (AvgIpc) is 2.25. The van der Waals surface area contributed by atoms with Crippen LogP contribution in [-0.4, -0.2) is 32.8 Å². The second-order valence-electron chi connectivity index (χ2n) is 4.78. The Balaban J connectivity index is 3.29. The van der Waals surface area contributed by atoms with Gasteiger partial charge in [-0.25, -0.2) is 8.42 Å². The van der Waals surface area contributed by atoms with Crippen LogP contribution >= 0.6 is 33.9 Å². The van der Waals surface area contributed by atoms with Crippen LogP contribution in [0.3, 0.4) is 0 Å². The van der Waals surface area contributed by atoms with Gasteiger partial charge in [0.05, 0.1) is 15.6 Å². The quantitative estimate of drug-likeness (QED) is 0.772. The Morgan fingerprint density at radius 3 is 2.25 bits per heavy atom. The van der Waals surface area contributed by atoms with Crippen LogP contribution in [-0.2, 0) is 9.05 Å². The van der Waals surface area contributed by atoms with Crippen molar-refractivity contribution < 1.29 is 13.2 Å². The largest absolute Gasteiger partial charge is 0.341 e. The molecule has 112 valence electrons. The number of carbonyl (C=O) groups is 1. The Bertz CT molecular complexity index is 629. The van der Waals surface area contributed by atoms with E-state index in [-0.39, 0.29) is 32.3 Å². The first-order valence-electron chi connectivity index (χ1n) is 5.73. The van der Waals surface area contributed by atoms with Crippen LogP contribution in [0.25, 0.3) is 0 Å². The van der Waals surface area contributed by atoms with Crippen molar-refractivity contribution in [3.05, 3.63) is 27.7 Å². The van der Waals surface area contributed by atoms with Gasteiger partial charge in [0.1, 0.15) is 4.90 Å². The van der Waals surface area contributed by atoms with Crippen LogP contribution < -0.4 is 0 Å². The van der Waals surface area contributed by atoms with Crippen LogP contribution in [0.15, 0.2) is 17.0 Å². The predicted molar refractivity (Wildman–Crippen MR) is 81.3 cm³/mol. The van der Waals surface area contributed by atoms with Gasteiger partial charge >= 0.3 is 0 Å². The standard InChI is InChI=1S/C12H14Cl3NO3S/c1-7(2)6-16(3)12(17)8-4-11(20(15,18)19)10(14)5-9(8)13/h4-5,7H,6H2,1-3H3. The molecule has 1 rings (SSSR count). The topological polar surface area (TPSA) is 54.5 Å². The molecule has 20 heavy (non-hydrogen) atoms. The van der Waals surface area contributed by atoms with Gasteiger partial charge in [0.15, 0.2) is 0 Å². The number of halogens is 3. The lowest BCUT2D eigenvalue weighted by Gasteiger charge is -2.20. The first-order valence-corrected chi connectivity index (χ1v) is 8.79. The molecule has 0 spiro atoms. The molecule has 0 aliphatic carbocycles. The average molecular weight is 359 g/mol. The van der Waals surface area contributed by atoms with Crippen molar-refractivity contribution >= 4 is 48.8 Å². The highest BCUT2D eigenvalue weighted by atomic mass is 35.7. The minimum Gasteiger partial charge on any atom is -0.341 e. The SMILES string of the molecule is CC(C)CN(C)C(=O)c1cc(S(=O)(=O)Cl)c(Cl)cc1Cl. The first-order chi connectivity index (χ1) is 9.04. The number of carbonyl (C=O) groups excluding carboxylic acids is 1. The van der Waals surface area contributed by atoms with E-state index in [2.05, 4.69) is 0 Å². The minimum atomic E-state index is -4.04. The molecule has 1 amide bonds. The highest BCUT2D eigenvalue weighted by molar-refractivity contribution is 8.13. The van der Waals surface area contributed by atoms with Gasteiger partial charge in [0.25, 0.3) is 15.0 Å². The molecule has 0 heterocycles. The summed E-state index contributed by atoms with van der Waals surface area (Å²) < 4.78 is 22.8. The molecule has 0 saturated carbocycles. The van der Waals surface area contributed by atoms with E-state index in [9.17, 15) is 13.2 Å². The summed E-state index contributed by atoms with van der Waals surface area (Å²) in [6, 6.07) is 2.31. The molecule has 0 fully saturated rings. The number of amides is 1. The van der Waals surface area contributed by atoms with Crippen molar-refractivity contribution in [3.63, 3.8) is 0 Å². The van der Waals surface area contributed by atoms with Gasteiger partial charge in [-0.2, -0.15) is 0 Å². The van der Waals surface area contributed by atoms with Crippen LogP contribution in [0, 0.1) is 5.92 Å². The molecule has 0 bridgehead atoms. The number of rotatable bonds is 4. The number of nitrogens with zero attached hydrogens (tertiary/aromatic N) is 1. The van der Waals surface area contributed by atoms with Gasteiger partial charge in [0, 0.05) is 24.3 Å². The predicted octanol–water partition coefficient (Wildman–Crippen LogP) is 3.65. The fourth-order valence-electron chi connectivity index (χ4n) is 1.72. The Morgan fingerprint density at radius 2 is 1.80 bits per heavy atom. The van der Waals surface area contributed by atoms with Crippen LogP contribution in [0.5, 0.6) is 0 Å². The van der Waals surface area contributed by atoms with Crippen molar-refractivity contribution in [2.75, 3.05) is 13.6 Å². The summed E-state index contributed by atoms with van der Waals surface area (Å²) in [5.74, 6) is -0.117. The Kier molecular flexibility index (Phi) is 5.72. The third-order valence-electron chi connectivity index (χ3n) is 2.50. The summed E-state index contributed by atoms with van der Waals surface area (Å²) in [4.78, 5) is 13.4. The second kappa shape index (κ2) is 6.52. The molecule has 8 heteroatoms. The molecule has 0 aliphatic rings. The first kappa shape index (κ1) is 17.6.